The van der Waals surface area contributed by atoms with Crippen molar-refractivity contribution in [2.75, 3.05) is 10.6 Å². The van der Waals surface area contributed by atoms with Gasteiger partial charge in [-0.15, -0.1) is 0 Å². The molecule has 150 valence electrons. The van der Waals surface area contributed by atoms with Crippen LogP contribution >= 0.6 is 0 Å². The first-order valence-electron chi connectivity index (χ1n) is 9.12. The molecule has 2 aromatic carbocycles. The van der Waals surface area contributed by atoms with Gasteiger partial charge in [-0.3, -0.25) is 4.79 Å². The molecule has 0 saturated carbocycles. The number of benzene rings is 2. The van der Waals surface area contributed by atoms with Gasteiger partial charge in [-0.2, -0.15) is 13.2 Å². The maximum atomic E-state index is 12.6. The molecule has 4 nitrogen and oxygen atoms in total. The average molecular weight is 399 g/mol. The first-order valence-corrected chi connectivity index (χ1v) is 9.12. The molecule has 3 aromatic rings. The van der Waals surface area contributed by atoms with Crippen LogP contribution in [-0.2, 0) is 19.1 Å². The highest BCUT2D eigenvalue weighted by Gasteiger charge is 2.30. The first-order chi connectivity index (χ1) is 13.9. The zero-order chi connectivity index (χ0) is 20.9. The van der Waals surface area contributed by atoms with Gasteiger partial charge in [0.25, 0.3) is 5.91 Å². The number of carbonyl (C=O) groups is 1. The van der Waals surface area contributed by atoms with Crippen LogP contribution in [-0.4, -0.2) is 10.9 Å². The van der Waals surface area contributed by atoms with Crippen molar-refractivity contribution in [3.63, 3.8) is 0 Å². The van der Waals surface area contributed by atoms with E-state index in [2.05, 4.69) is 28.6 Å². The molecule has 0 saturated heterocycles. The Morgan fingerprint density at radius 2 is 1.83 bits per heavy atom. The summed E-state index contributed by atoms with van der Waals surface area (Å²) in [6, 6.07) is 17.1. The van der Waals surface area contributed by atoms with Gasteiger partial charge in [-0.1, -0.05) is 37.3 Å². The zero-order valence-corrected chi connectivity index (χ0v) is 15.8. The van der Waals surface area contributed by atoms with E-state index in [9.17, 15) is 18.0 Å². The average Bonchev–Trinajstić information content (AvgIpc) is 2.72. The minimum absolute atomic E-state index is 0.0587. The molecular weight excluding hydrogens is 379 g/mol. The van der Waals surface area contributed by atoms with Crippen LogP contribution in [0, 0.1) is 0 Å². The Balaban J connectivity index is 1.66. The summed E-state index contributed by atoms with van der Waals surface area (Å²) in [5.74, 6) is -0.378. The lowest BCUT2D eigenvalue weighted by atomic mass is 10.1. The van der Waals surface area contributed by atoms with Crippen molar-refractivity contribution in [3.05, 3.63) is 89.1 Å². The fourth-order valence-corrected chi connectivity index (χ4v) is 2.84. The van der Waals surface area contributed by atoms with E-state index < -0.39 is 17.6 Å². The third-order valence-corrected chi connectivity index (χ3v) is 4.40. The Kier molecular flexibility index (Phi) is 6.16. The highest BCUT2D eigenvalue weighted by molar-refractivity contribution is 6.03. The predicted octanol–water partition coefficient (Wildman–Crippen LogP) is 5.53. The van der Waals surface area contributed by atoms with Crippen LogP contribution in [0.15, 0.2) is 66.9 Å². The van der Waals surface area contributed by atoms with Gasteiger partial charge >= 0.3 is 6.18 Å². The molecule has 0 spiro atoms. The molecule has 0 unspecified atom stereocenters. The van der Waals surface area contributed by atoms with E-state index in [1.165, 1.54) is 5.56 Å². The normalized spacial score (nSPS) is 11.2. The summed E-state index contributed by atoms with van der Waals surface area (Å²) >= 11 is 0. The molecule has 0 aliphatic rings. The molecule has 0 atom stereocenters. The largest absolute Gasteiger partial charge is 0.417 e. The number of nitrogens with one attached hydrogen (secondary N) is 2. The van der Waals surface area contributed by atoms with E-state index >= 15 is 0 Å². The Labute approximate surface area is 166 Å². The smallest absolute Gasteiger partial charge is 0.381 e. The zero-order valence-electron chi connectivity index (χ0n) is 15.8. The van der Waals surface area contributed by atoms with Gasteiger partial charge in [0.15, 0.2) is 0 Å². The minimum Gasteiger partial charge on any atom is -0.381 e. The summed E-state index contributed by atoms with van der Waals surface area (Å²) in [6.45, 7) is 2.62. The summed E-state index contributed by atoms with van der Waals surface area (Å²) in [4.78, 5) is 16.1. The molecule has 1 aromatic heterocycles. The maximum absolute atomic E-state index is 12.6. The van der Waals surface area contributed by atoms with Gasteiger partial charge in [0, 0.05) is 24.0 Å². The SMILES string of the molecule is CCc1ccccc1NCc1cccc(C(=O)Nc2ccc(C(F)(F)F)cn2)c1. The number of nitrogens with zero attached hydrogens (tertiary/aromatic N) is 1. The second kappa shape index (κ2) is 8.77. The number of pyridine rings is 1. The standard InChI is InChI=1S/C22H20F3N3O/c1-2-16-7-3-4-9-19(16)26-13-15-6-5-8-17(12-15)21(29)28-20-11-10-18(14-27-20)22(23,24)25/h3-12,14,26H,2,13H2,1H3,(H,27,28,29). The maximum Gasteiger partial charge on any atom is 0.417 e. The molecule has 0 fully saturated rings. The molecule has 7 heteroatoms. The Morgan fingerprint density at radius 3 is 2.52 bits per heavy atom. The van der Waals surface area contributed by atoms with Gasteiger partial charge in [-0.05, 0) is 47.9 Å². The minimum atomic E-state index is -4.47. The Hall–Kier alpha value is -3.35. The number of anilines is 2. The molecule has 0 aliphatic heterocycles. The van der Waals surface area contributed by atoms with E-state index in [4.69, 9.17) is 0 Å². The second-order valence-corrected chi connectivity index (χ2v) is 6.45. The number of aromatic nitrogens is 1. The van der Waals surface area contributed by atoms with Crippen LogP contribution in [0.5, 0.6) is 0 Å². The van der Waals surface area contributed by atoms with Gasteiger partial charge in [0.2, 0.25) is 0 Å². The lowest BCUT2D eigenvalue weighted by Gasteiger charge is -2.12. The van der Waals surface area contributed by atoms with Gasteiger partial charge in [0.1, 0.15) is 5.82 Å². The monoisotopic (exact) mass is 399 g/mol. The summed E-state index contributed by atoms with van der Waals surface area (Å²) in [5, 5.41) is 5.88. The highest BCUT2D eigenvalue weighted by atomic mass is 19.4. The van der Waals surface area contributed by atoms with E-state index in [-0.39, 0.29) is 5.82 Å². The lowest BCUT2D eigenvalue weighted by Crippen LogP contribution is -2.14. The predicted molar refractivity (Wildman–Crippen MR) is 107 cm³/mol. The molecule has 0 bridgehead atoms. The van der Waals surface area contributed by atoms with Crippen molar-refractivity contribution in [1.82, 2.24) is 4.98 Å². The highest BCUT2D eigenvalue weighted by Crippen LogP contribution is 2.28. The summed E-state index contributed by atoms with van der Waals surface area (Å²) in [5.41, 5.74) is 2.68. The quantitative estimate of drug-likeness (QED) is 0.573. The summed E-state index contributed by atoms with van der Waals surface area (Å²) < 4.78 is 37.8. The number of para-hydroxylation sites is 1. The molecule has 2 N–H and O–H groups in total. The fraction of sp³-hybridized carbons (Fsp3) is 0.182. The molecule has 3 rings (SSSR count). The molecule has 1 amide bonds. The molecule has 29 heavy (non-hydrogen) atoms. The number of carbonyl (C=O) groups excluding carboxylic acids is 1. The number of amides is 1. The topological polar surface area (TPSA) is 54.0 Å². The second-order valence-electron chi connectivity index (χ2n) is 6.45. The van der Waals surface area contributed by atoms with Crippen molar-refractivity contribution >= 4 is 17.4 Å². The molecule has 1 heterocycles. The summed E-state index contributed by atoms with van der Waals surface area (Å²) in [7, 11) is 0. The Morgan fingerprint density at radius 1 is 1.03 bits per heavy atom. The number of hydrogen-bond donors (Lipinski definition) is 2. The van der Waals surface area contributed by atoms with Crippen LogP contribution in [0.25, 0.3) is 0 Å². The van der Waals surface area contributed by atoms with Crippen molar-refractivity contribution < 1.29 is 18.0 Å². The fourth-order valence-electron chi connectivity index (χ4n) is 2.84. The van der Waals surface area contributed by atoms with Crippen LogP contribution in [0.1, 0.15) is 34.0 Å². The van der Waals surface area contributed by atoms with Crippen LogP contribution < -0.4 is 10.6 Å². The van der Waals surface area contributed by atoms with E-state index in [1.807, 2.05) is 24.3 Å². The third-order valence-electron chi connectivity index (χ3n) is 4.40. The number of alkyl halides is 3. The molecular formula is C22H20F3N3O. The van der Waals surface area contributed by atoms with Crippen LogP contribution in [0.4, 0.5) is 24.7 Å². The van der Waals surface area contributed by atoms with Gasteiger partial charge in [-0.25, -0.2) is 4.98 Å². The number of aryl methyl sites for hydroxylation is 1. The van der Waals surface area contributed by atoms with E-state index in [1.54, 1.807) is 18.2 Å². The van der Waals surface area contributed by atoms with Crippen LogP contribution in [0.3, 0.4) is 0 Å². The van der Waals surface area contributed by atoms with Crippen molar-refractivity contribution in [1.29, 1.82) is 0 Å². The third kappa shape index (κ3) is 5.34. The number of hydrogen-bond acceptors (Lipinski definition) is 3. The number of halogens is 3. The van der Waals surface area contributed by atoms with Crippen molar-refractivity contribution in [2.24, 2.45) is 0 Å². The van der Waals surface area contributed by atoms with Gasteiger partial charge in [0.05, 0.1) is 5.56 Å². The molecule has 0 radical (unpaired) electrons. The van der Waals surface area contributed by atoms with Crippen LogP contribution in [0.2, 0.25) is 0 Å². The lowest BCUT2D eigenvalue weighted by molar-refractivity contribution is -0.137. The summed E-state index contributed by atoms with van der Waals surface area (Å²) in [6.07, 6.45) is -2.86. The first kappa shape index (κ1) is 20.4. The Bertz CT molecular complexity index is 985. The van der Waals surface area contributed by atoms with Gasteiger partial charge < -0.3 is 10.6 Å². The van der Waals surface area contributed by atoms with E-state index in [0.717, 1.165) is 29.8 Å². The van der Waals surface area contributed by atoms with Crippen molar-refractivity contribution in [3.8, 4) is 0 Å². The number of rotatable bonds is 6. The van der Waals surface area contributed by atoms with Crippen molar-refractivity contribution in [2.45, 2.75) is 26.1 Å². The molecule has 0 aliphatic carbocycles. The van der Waals surface area contributed by atoms with E-state index in [0.29, 0.717) is 18.3 Å².